The third-order valence-electron chi connectivity index (χ3n) is 7.59. The Morgan fingerprint density at radius 1 is 0.897 bits per heavy atom. The molecule has 4 aromatic rings. The van der Waals surface area contributed by atoms with Crippen LogP contribution in [0.25, 0.3) is 10.9 Å². The fraction of sp³-hybridized carbons (Fsp3) is 0.355. The van der Waals surface area contributed by atoms with Crippen molar-refractivity contribution in [1.82, 2.24) is 19.2 Å². The second-order valence-electron chi connectivity index (χ2n) is 10.3. The number of anilines is 2. The van der Waals surface area contributed by atoms with Gasteiger partial charge in [-0.1, -0.05) is 55.8 Å². The zero-order chi connectivity index (χ0) is 27.4. The number of nitrogens with zero attached hydrogens (tertiary/aromatic N) is 4. The predicted octanol–water partition coefficient (Wildman–Crippen LogP) is 6.09. The summed E-state index contributed by atoms with van der Waals surface area (Å²) in [5.41, 5.74) is 4.22. The van der Waals surface area contributed by atoms with Gasteiger partial charge in [0.2, 0.25) is 10.0 Å². The van der Waals surface area contributed by atoms with Gasteiger partial charge in [-0.2, -0.15) is 4.31 Å². The first-order valence-electron chi connectivity index (χ1n) is 13.8. The molecule has 2 heterocycles. The SMILES string of the molecule is CCCCc1ccc(S(=O)(=O)N2CCN([C@H](C)c3nc(Nc4ccccc4C)c4ccccc4n3)CC2)cc1. The van der Waals surface area contributed by atoms with Crippen LogP contribution in [-0.2, 0) is 16.4 Å². The molecule has 1 N–H and O–H groups in total. The third-order valence-corrected chi connectivity index (χ3v) is 9.51. The number of aryl methyl sites for hydroxylation is 2. The van der Waals surface area contributed by atoms with Crippen LogP contribution in [0.1, 0.15) is 49.7 Å². The van der Waals surface area contributed by atoms with Crippen molar-refractivity contribution in [3.63, 3.8) is 0 Å². The largest absolute Gasteiger partial charge is 0.339 e. The Kier molecular flexibility index (Phi) is 8.26. The Labute approximate surface area is 232 Å². The minimum atomic E-state index is -3.52. The van der Waals surface area contributed by atoms with E-state index in [2.05, 4.69) is 37.1 Å². The molecule has 1 aliphatic heterocycles. The lowest BCUT2D eigenvalue weighted by Gasteiger charge is -2.37. The number of nitrogens with one attached hydrogen (secondary N) is 1. The summed E-state index contributed by atoms with van der Waals surface area (Å²) in [6.45, 7) is 8.44. The molecule has 5 rings (SSSR count). The number of sulfonamides is 1. The van der Waals surface area contributed by atoms with Gasteiger partial charge in [-0.25, -0.2) is 18.4 Å². The molecule has 1 aromatic heterocycles. The topological polar surface area (TPSA) is 78.4 Å². The molecule has 0 saturated carbocycles. The number of hydrogen-bond donors (Lipinski definition) is 1. The van der Waals surface area contributed by atoms with Crippen LogP contribution in [0.15, 0.2) is 77.7 Å². The molecule has 0 radical (unpaired) electrons. The first kappa shape index (κ1) is 27.2. The zero-order valence-electron chi connectivity index (χ0n) is 23.0. The van der Waals surface area contributed by atoms with E-state index in [0.29, 0.717) is 31.1 Å². The molecule has 39 heavy (non-hydrogen) atoms. The molecule has 0 unspecified atom stereocenters. The molecule has 3 aromatic carbocycles. The number of rotatable bonds is 9. The van der Waals surface area contributed by atoms with Crippen molar-refractivity contribution in [1.29, 1.82) is 0 Å². The first-order valence-corrected chi connectivity index (χ1v) is 15.2. The Morgan fingerprint density at radius 2 is 1.59 bits per heavy atom. The summed E-state index contributed by atoms with van der Waals surface area (Å²) in [5.74, 6) is 1.50. The molecule has 7 nitrogen and oxygen atoms in total. The van der Waals surface area contributed by atoms with Gasteiger partial charge in [0.25, 0.3) is 0 Å². The second kappa shape index (κ2) is 11.8. The van der Waals surface area contributed by atoms with E-state index < -0.39 is 10.0 Å². The van der Waals surface area contributed by atoms with E-state index in [-0.39, 0.29) is 6.04 Å². The molecule has 0 amide bonds. The Bertz CT molecular complexity index is 1530. The van der Waals surface area contributed by atoms with Gasteiger partial charge >= 0.3 is 0 Å². The van der Waals surface area contributed by atoms with Crippen LogP contribution in [0.3, 0.4) is 0 Å². The summed E-state index contributed by atoms with van der Waals surface area (Å²) in [5, 5.41) is 4.48. The highest BCUT2D eigenvalue weighted by molar-refractivity contribution is 7.89. The monoisotopic (exact) mass is 543 g/mol. The number of para-hydroxylation sites is 2. The Morgan fingerprint density at radius 3 is 2.31 bits per heavy atom. The van der Waals surface area contributed by atoms with Gasteiger partial charge in [-0.15, -0.1) is 0 Å². The van der Waals surface area contributed by atoms with Crippen molar-refractivity contribution in [3.8, 4) is 0 Å². The average molecular weight is 544 g/mol. The Hall–Kier alpha value is -3.33. The average Bonchev–Trinajstić information content (AvgIpc) is 2.97. The standard InChI is InChI=1S/C31H37N5O2S/c1-4-5-11-25-15-17-26(18-16-25)39(37,38)36-21-19-35(20-22-36)24(3)30-33-29-14-9-7-12-27(29)31(34-30)32-28-13-8-6-10-23(28)2/h6-10,12-18,24H,4-5,11,19-22H2,1-3H3,(H,32,33,34)/t24-/m1/s1. The zero-order valence-corrected chi connectivity index (χ0v) is 23.8. The molecule has 0 bridgehead atoms. The van der Waals surface area contributed by atoms with Crippen molar-refractivity contribution in [2.45, 2.75) is 51.0 Å². The minimum absolute atomic E-state index is 0.0604. The van der Waals surface area contributed by atoms with Crippen molar-refractivity contribution in [3.05, 3.63) is 89.7 Å². The smallest absolute Gasteiger partial charge is 0.243 e. The lowest BCUT2D eigenvalue weighted by molar-refractivity contribution is 0.141. The van der Waals surface area contributed by atoms with E-state index in [9.17, 15) is 8.42 Å². The first-order chi connectivity index (χ1) is 18.9. The molecule has 1 aliphatic rings. The lowest BCUT2D eigenvalue weighted by atomic mass is 10.1. The molecular formula is C31H37N5O2S. The number of hydrogen-bond acceptors (Lipinski definition) is 6. The van der Waals surface area contributed by atoms with E-state index >= 15 is 0 Å². The van der Waals surface area contributed by atoms with Crippen molar-refractivity contribution in [2.24, 2.45) is 0 Å². The Balaban J connectivity index is 1.31. The van der Waals surface area contributed by atoms with Crippen molar-refractivity contribution < 1.29 is 8.42 Å². The molecule has 0 aliphatic carbocycles. The van der Waals surface area contributed by atoms with Gasteiger partial charge in [0, 0.05) is 37.3 Å². The van der Waals surface area contributed by atoms with Gasteiger partial charge in [0.1, 0.15) is 11.6 Å². The van der Waals surface area contributed by atoms with Crippen LogP contribution >= 0.6 is 0 Å². The summed E-state index contributed by atoms with van der Waals surface area (Å²) in [6.07, 6.45) is 3.21. The molecular weight excluding hydrogens is 506 g/mol. The number of benzene rings is 3. The highest BCUT2D eigenvalue weighted by atomic mass is 32.2. The van der Waals surface area contributed by atoms with Crippen LogP contribution in [0.4, 0.5) is 11.5 Å². The quantitative estimate of drug-likeness (QED) is 0.275. The summed E-state index contributed by atoms with van der Waals surface area (Å²) < 4.78 is 28.3. The van der Waals surface area contributed by atoms with Crippen LogP contribution in [0.5, 0.6) is 0 Å². The fourth-order valence-corrected chi connectivity index (χ4v) is 6.49. The second-order valence-corrected chi connectivity index (χ2v) is 12.2. The summed E-state index contributed by atoms with van der Waals surface area (Å²) in [6, 6.07) is 23.5. The van der Waals surface area contributed by atoms with Crippen molar-refractivity contribution >= 4 is 32.4 Å². The molecule has 0 spiro atoms. The van der Waals surface area contributed by atoms with Gasteiger partial charge in [0.15, 0.2) is 0 Å². The minimum Gasteiger partial charge on any atom is -0.339 e. The van der Waals surface area contributed by atoms with Crippen LogP contribution in [-0.4, -0.2) is 53.8 Å². The van der Waals surface area contributed by atoms with Crippen LogP contribution in [0.2, 0.25) is 0 Å². The van der Waals surface area contributed by atoms with Gasteiger partial charge in [-0.05, 0) is 68.1 Å². The maximum absolute atomic E-state index is 13.3. The van der Waals surface area contributed by atoms with E-state index in [4.69, 9.17) is 9.97 Å². The summed E-state index contributed by atoms with van der Waals surface area (Å²) in [7, 11) is -3.52. The van der Waals surface area contributed by atoms with E-state index in [1.165, 1.54) is 5.56 Å². The van der Waals surface area contributed by atoms with Gasteiger partial charge < -0.3 is 5.32 Å². The van der Waals surface area contributed by atoms with Crippen LogP contribution in [0, 0.1) is 6.92 Å². The van der Waals surface area contributed by atoms with Gasteiger partial charge in [-0.3, -0.25) is 4.90 Å². The summed E-state index contributed by atoms with van der Waals surface area (Å²) >= 11 is 0. The normalized spacial score (nSPS) is 15.9. The fourth-order valence-electron chi connectivity index (χ4n) is 5.07. The van der Waals surface area contributed by atoms with Gasteiger partial charge in [0.05, 0.1) is 16.5 Å². The number of piperazine rings is 1. The third kappa shape index (κ3) is 5.98. The summed E-state index contributed by atoms with van der Waals surface area (Å²) in [4.78, 5) is 12.5. The maximum Gasteiger partial charge on any atom is 0.243 e. The molecule has 1 fully saturated rings. The maximum atomic E-state index is 13.3. The molecule has 204 valence electrons. The van der Waals surface area contributed by atoms with E-state index in [0.717, 1.165) is 53.1 Å². The molecule has 1 saturated heterocycles. The highest BCUT2D eigenvalue weighted by Gasteiger charge is 2.31. The molecule has 8 heteroatoms. The number of fused-ring (bicyclic) bond motifs is 1. The number of aromatic nitrogens is 2. The van der Waals surface area contributed by atoms with E-state index in [1.807, 2.05) is 54.6 Å². The predicted molar refractivity (Wildman–Crippen MR) is 158 cm³/mol. The lowest BCUT2D eigenvalue weighted by Crippen LogP contribution is -2.49. The van der Waals surface area contributed by atoms with Crippen LogP contribution < -0.4 is 5.32 Å². The number of unbranched alkanes of at least 4 members (excludes halogenated alkanes) is 1. The molecule has 1 atom stereocenters. The highest BCUT2D eigenvalue weighted by Crippen LogP contribution is 2.29. The van der Waals surface area contributed by atoms with E-state index in [1.54, 1.807) is 16.4 Å². The van der Waals surface area contributed by atoms with Crippen molar-refractivity contribution in [2.75, 3.05) is 31.5 Å².